The number of unbranched alkanes of at least 4 members (excludes halogenated alkanes) is 4. The second kappa shape index (κ2) is 15.1. The van der Waals surface area contributed by atoms with Gasteiger partial charge in [-0.05, 0) is 53.7 Å². The Labute approximate surface area is 259 Å². The van der Waals surface area contributed by atoms with E-state index in [1.165, 1.54) is 37.0 Å². The molecule has 7 nitrogen and oxygen atoms in total. The Bertz CT molecular complexity index is 1420. The van der Waals surface area contributed by atoms with Crippen LogP contribution in [0.4, 0.5) is 0 Å². The van der Waals surface area contributed by atoms with E-state index in [4.69, 9.17) is 4.74 Å². The third-order valence-corrected chi connectivity index (χ3v) is 9.02. The number of hydrogen-bond acceptors (Lipinski definition) is 6. The van der Waals surface area contributed by atoms with Gasteiger partial charge in [-0.1, -0.05) is 83.7 Å². The summed E-state index contributed by atoms with van der Waals surface area (Å²) in [6, 6.07) is 10.1. The Morgan fingerprint density at radius 1 is 1.05 bits per heavy atom. The van der Waals surface area contributed by atoms with Crippen molar-refractivity contribution in [2.24, 2.45) is 0 Å². The molecule has 0 saturated carbocycles. The molecule has 43 heavy (non-hydrogen) atoms. The molecule has 1 unspecified atom stereocenters. The average molecular weight is 602 g/mol. The Morgan fingerprint density at radius 3 is 2.37 bits per heavy atom. The summed E-state index contributed by atoms with van der Waals surface area (Å²) in [6.45, 7) is 9.23. The van der Waals surface area contributed by atoms with Crippen LogP contribution in [-0.2, 0) is 21.4 Å². The number of nitrogens with one attached hydrogen (secondary N) is 1. The number of hydrogen-bond donors (Lipinski definition) is 2. The SMILES string of the molecule is CCCCCCCOC1=CCC(c2cnc(-c3ccc(C[C@H](NC(=O)c4ccc(C(C)(C)C)s4)C(=O)O)cc3)nc2)C=C1. The van der Waals surface area contributed by atoms with Crippen LogP contribution in [0.3, 0.4) is 0 Å². The van der Waals surface area contributed by atoms with E-state index in [0.29, 0.717) is 10.7 Å². The van der Waals surface area contributed by atoms with Gasteiger partial charge in [-0.2, -0.15) is 0 Å². The van der Waals surface area contributed by atoms with Crippen molar-refractivity contribution in [2.75, 3.05) is 6.61 Å². The van der Waals surface area contributed by atoms with Crippen molar-refractivity contribution in [3.05, 3.63) is 93.7 Å². The summed E-state index contributed by atoms with van der Waals surface area (Å²) in [6.07, 6.45) is 17.2. The van der Waals surface area contributed by atoms with E-state index >= 15 is 0 Å². The molecule has 1 aliphatic carbocycles. The van der Waals surface area contributed by atoms with Crippen LogP contribution in [0, 0.1) is 0 Å². The average Bonchev–Trinajstić information content (AvgIpc) is 3.51. The standard InChI is InChI=1S/C35H43N3O4S/c1-5-6-7-8-9-20-42-28-16-14-25(15-17-28)27-22-36-32(37-23-27)26-12-10-24(11-13-26)21-29(34(40)41)38-33(39)30-18-19-31(43-30)35(2,3)4/h10-14,16-19,22-23,25,29H,5-9,15,20-21H2,1-4H3,(H,38,39)(H,40,41)/t25?,29-/m0/s1. The van der Waals surface area contributed by atoms with Crippen LogP contribution in [0.25, 0.3) is 11.4 Å². The highest BCUT2D eigenvalue weighted by atomic mass is 32.1. The first-order valence-corrected chi connectivity index (χ1v) is 16.0. The van der Waals surface area contributed by atoms with Crippen LogP contribution in [-0.4, -0.2) is 39.6 Å². The molecule has 4 rings (SSSR count). The van der Waals surface area contributed by atoms with E-state index in [2.05, 4.69) is 55.1 Å². The van der Waals surface area contributed by atoms with Crippen LogP contribution >= 0.6 is 11.3 Å². The first-order valence-electron chi connectivity index (χ1n) is 15.2. The molecule has 2 aromatic heterocycles. The fraction of sp³-hybridized carbons (Fsp3) is 0.429. The number of rotatable bonds is 14. The summed E-state index contributed by atoms with van der Waals surface area (Å²) < 4.78 is 5.91. The van der Waals surface area contributed by atoms with Crippen molar-refractivity contribution < 1.29 is 19.4 Å². The quantitative estimate of drug-likeness (QED) is 0.183. The normalized spacial score (nSPS) is 15.5. The van der Waals surface area contributed by atoms with Gasteiger partial charge in [0.25, 0.3) is 5.91 Å². The van der Waals surface area contributed by atoms with Gasteiger partial charge in [0.2, 0.25) is 0 Å². The molecule has 0 aliphatic heterocycles. The molecule has 0 saturated heterocycles. The zero-order chi connectivity index (χ0) is 30.8. The van der Waals surface area contributed by atoms with Gasteiger partial charge >= 0.3 is 5.97 Å². The second-order valence-electron chi connectivity index (χ2n) is 12.1. The third-order valence-electron chi connectivity index (χ3n) is 7.51. The van der Waals surface area contributed by atoms with E-state index in [0.717, 1.165) is 46.8 Å². The highest BCUT2D eigenvalue weighted by molar-refractivity contribution is 7.14. The van der Waals surface area contributed by atoms with Crippen LogP contribution in [0.15, 0.2) is 72.8 Å². The lowest BCUT2D eigenvalue weighted by Crippen LogP contribution is -2.42. The number of ether oxygens (including phenoxy) is 1. The van der Waals surface area contributed by atoms with Gasteiger partial charge in [-0.15, -0.1) is 11.3 Å². The highest BCUT2D eigenvalue weighted by Gasteiger charge is 2.24. The van der Waals surface area contributed by atoms with Gasteiger partial charge in [0.15, 0.2) is 5.82 Å². The Hall–Kier alpha value is -3.78. The van der Waals surface area contributed by atoms with Crippen molar-refractivity contribution in [1.82, 2.24) is 15.3 Å². The van der Waals surface area contributed by atoms with Crippen molar-refractivity contribution >= 4 is 23.2 Å². The largest absolute Gasteiger partial charge is 0.494 e. The number of benzene rings is 1. The van der Waals surface area contributed by atoms with E-state index in [1.54, 1.807) is 6.07 Å². The number of amides is 1. The number of thiophene rings is 1. The lowest BCUT2D eigenvalue weighted by Gasteiger charge is -2.17. The zero-order valence-electron chi connectivity index (χ0n) is 25.6. The van der Waals surface area contributed by atoms with Gasteiger partial charge in [-0.3, -0.25) is 4.79 Å². The molecule has 0 bridgehead atoms. The maximum absolute atomic E-state index is 12.8. The van der Waals surface area contributed by atoms with Crippen molar-refractivity contribution in [1.29, 1.82) is 0 Å². The predicted molar refractivity (Wildman–Crippen MR) is 172 cm³/mol. The topological polar surface area (TPSA) is 101 Å². The van der Waals surface area contributed by atoms with E-state index in [9.17, 15) is 14.7 Å². The van der Waals surface area contributed by atoms with Crippen molar-refractivity contribution in [2.45, 2.75) is 90.0 Å². The van der Waals surface area contributed by atoms with Crippen LogP contribution in [0.5, 0.6) is 0 Å². The molecular formula is C35H43N3O4S. The Kier molecular flexibility index (Phi) is 11.3. The van der Waals surface area contributed by atoms with Crippen LogP contribution in [0.2, 0.25) is 0 Å². The fourth-order valence-corrected chi connectivity index (χ4v) is 5.81. The molecule has 228 valence electrons. The van der Waals surface area contributed by atoms with E-state index in [-0.39, 0.29) is 23.7 Å². The molecule has 1 aromatic carbocycles. The summed E-state index contributed by atoms with van der Waals surface area (Å²) in [5.74, 6) is 0.314. The summed E-state index contributed by atoms with van der Waals surface area (Å²) in [5, 5.41) is 12.5. The highest BCUT2D eigenvalue weighted by Crippen LogP contribution is 2.30. The maximum atomic E-state index is 12.8. The minimum absolute atomic E-state index is 0.0718. The molecular weight excluding hydrogens is 558 g/mol. The predicted octanol–water partition coefficient (Wildman–Crippen LogP) is 7.84. The number of carbonyl (C=O) groups excluding carboxylic acids is 1. The number of aliphatic carboxylic acids is 1. The fourth-order valence-electron chi connectivity index (χ4n) is 4.85. The lowest BCUT2D eigenvalue weighted by atomic mass is 9.94. The number of carboxylic acids is 1. The Morgan fingerprint density at radius 2 is 1.77 bits per heavy atom. The summed E-state index contributed by atoms with van der Waals surface area (Å²) >= 11 is 1.39. The summed E-state index contributed by atoms with van der Waals surface area (Å²) in [5.41, 5.74) is 2.62. The van der Waals surface area contributed by atoms with Crippen molar-refractivity contribution in [3.63, 3.8) is 0 Å². The number of carboxylic acid groups (broad SMARTS) is 1. The molecule has 3 aromatic rings. The third kappa shape index (κ3) is 9.35. The molecule has 0 spiro atoms. The van der Waals surface area contributed by atoms with Gasteiger partial charge in [0.1, 0.15) is 11.8 Å². The molecule has 2 N–H and O–H groups in total. The summed E-state index contributed by atoms with van der Waals surface area (Å²) in [7, 11) is 0. The smallest absolute Gasteiger partial charge is 0.326 e. The number of allylic oxidation sites excluding steroid dienone is 3. The van der Waals surface area contributed by atoms with Gasteiger partial charge in [0, 0.05) is 35.2 Å². The molecule has 1 aliphatic rings. The first-order chi connectivity index (χ1) is 20.6. The summed E-state index contributed by atoms with van der Waals surface area (Å²) in [4.78, 5) is 35.5. The van der Waals surface area contributed by atoms with Crippen LogP contribution < -0.4 is 5.32 Å². The molecule has 1 amide bonds. The number of carbonyl (C=O) groups is 2. The maximum Gasteiger partial charge on any atom is 0.326 e. The molecule has 2 atom stereocenters. The minimum Gasteiger partial charge on any atom is -0.494 e. The molecule has 2 heterocycles. The van der Waals surface area contributed by atoms with E-state index < -0.39 is 12.0 Å². The number of aromatic nitrogens is 2. The monoisotopic (exact) mass is 601 g/mol. The second-order valence-corrected chi connectivity index (χ2v) is 13.2. The van der Waals surface area contributed by atoms with E-state index in [1.807, 2.05) is 48.8 Å². The van der Waals surface area contributed by atoms with Gasteiger partial charge in [-0.25, -0.2) is 14.8 Å². The lowest BCUT2D eigenvalue weighted by molar-refractivity contribution is -0.139. The van der Waals surface area contributed by atoms with Gasteiger partial charge < -0.3 is 15.2 Å². The molecule has 8 heteroatoms. The zero-order valence-corrected chi connectivity index (χ0v) is 26.5. The molecule has 0 radical (unpaired) electrons. The molecule has 0 fully saturated rings. The van der Waals surface area contributed by atoms with Crippen molar-refractivity contribution in [3.8, 4) is 11.4 Å². The van der Waals surface area contributed by atoms with Crippen LogP contribution in [0.1, 0.15) is 97.8 Å². The Balaban J connectivity index is 1.29. The number of nitrogens with zero attached hydrogens (tertiary/aromatic N) is 2. The minimum atomic E-state index is -1.07. The van der Waals surface area contributed by atoms with Gasteiger partial charge in [0.05, 0.1) is 11.5 Å². The first kappa shape index (κ1) is 32.1.